The van der Waals surface area contributed by atoms with Crippen LogP contribution in [0.1, 0.15) is 29.7 Å². The molecule has 10 heteroatoms. The molecule has 0 saturated carbocycles. The molecule has 0 aromatic heterocycles. The van der Waals surface area contributed by atoms with Gasteiger partial charge in [0.2, 0.25) is 10.0 Å². The number of nitrogens with zero attached hydrogens (tertiary/aromatic N) is 3. The standard InChI is InChI=1S/C20H16F3N3O3S/c1-19-15-5-3-2-4-13(15)17(14-10-24-25-16(14)18(19)27)26(19)30(28,29)12-8-6-11(7-9-12)20(21,22)23/h2-10,14,17-18,27H,1H3. The summed E-state index contributed by atoms with van der Waals surface area (Å²) in [6.45, 7) is 1.61. The Morgan fingerprint density at radius 3 is 2.43 bits per heavy atom. The van der Waals surface area contributed by atoms with Crippen LogP contribution in [0.15, 0.2) is 63.6 Å². The molecular weight excluding hydrogens is 419 g/mol. The summed E-state index contributed by atoms with van der Waals surface area (Å²) in [6, 6.07) is 9.77. The molecule has 0 radical (unpaired) electrons. The van der Waals surface area contributed by atoms with E-state index < -0.39 is 45.4 Å². The van der Waals surface area contributed by atoms with Gasteiger partial charge in [-0.25, -0.2) is 8.42 Å². The van der Waals surface area contributed by atoms with Gasteiger partial charge in [-0.3, -0.25) is 0 Å². The second-order valence-electron chi connectivity index (χ2n) is 7.72. The normalized spacial score (nSPS) is 30.2. The number of piperidine rings is 1. The number of benzene rings is 2. The van der Waals surface area contributed by atoms with E-state index in [1.165, 1.54) is 10.5 Å². The largest absolute Gasteiger partial charge is 0.416 e. The van der Waals surface area contributed by atoms with Gasteiger partial charge in [0, 0.05) is 6.21 Å². The van der Waals surface area contributed by atoms with Crippen LogP contribution in [0, 0.1) is 5.92 Å². The van der Waals surface area contributed by atoms with Crippen molar-refractivity contribution < 1.29 is 26.7 Å². The highest BCUT2D eigenvalue weighted by Crippen LogP contribution is 2.58. The number of sulfonamides is 1. The maximum atomic E-state index is 13.7. The summed E-state index contributed by atoms with van der Waals surface area (Å²) in [7, 11) is -4.27. The Morgan fingerprint density at radius 2 is 1.77 bits per heavy atom. The number of alkyl halides is 3. The Hall–Kier alpha value is -2.56. The lowest BCUT2D eigenvalue weighted by atomic mass is 9.81. The van der Waals surface area contributed by atoms with Gasteiger partial charge in [-0.05, 0) is 42.3 Å². The Bertz CT molecular complexity index is 1210. The fourth-order valence-electron chi connectivity index (χ4n) is 4.77. The summed E-state index contributed by atoms with van der Waals surface area (Å²) in [5, 5.41) is 19.0. The first-order valence-corrected chi connectivity index (χ1v) is 10.6. The molecule has 3 heterocycles. The third kappa shape index (κ3) is 2.35. The predicted octanol–water partition coefficient (Wildman–Crippen LogP) is 3.10. The van der Waals surface area contributed by atoms with E-state index in [0.717, 1.165) is 29.8 Å². The van der Waals surface area contributed by atoms with Crippen molar-refractivity contribution in [1.29, 1.82) is 0 Å². The molecule has 0 aliphatic carbocycles. The van der Waals surface area contributed by atoms with Crippen molar-refractivity contribution in [3.63, 3.8) is 0 Å². The predicted molar refractivity (Wildman–Crippen MR) is 102 cm³/mol. The quantitative estimate of drug-likeness (QED) is 0.787. The Kier molecular flexibility index (Phi) is 3.88. The molecule has 3 aliphatic rings. The summed E-state index contributed by atoms with van der Waals surface area (Å²) in [5.41, 5.74) is -0.555. The summed E-state index contributed by atoms with van der Waals surface area (Å²) in [5.74, 6) is -0.555. The van der Waals surface area contributed by atoms with E-state index in [9.17, 15) is 26.7 Å². The molecule has 4 atom stereocenters. The number of aliphatic hydroxyl groups excluding tert-OH is 1. The van der Waals surface area contributed by atoms with E-state index in [2.05, 4.69) is 10.2 Å². The van der Waals surface area contributed by atoms with E-state index in [0.29, 0.717) is 11.3 Å². The van der Waals surface area contributed by atoms with Crippen LogP contribution in [0.25, 0.3) is 0 Å². The fraction of sp³-hybridized carbons (Fsp3) is 0.300. The molecule has 0 amide bonds. The lowest BCUT2D eigenvalue weighted by Gasteiger charge is -2.46. The Balaban J connectivity index is 1.69. The minimum atomic E-state index is -4.57. The minimum Gasteiger partial charge on any atom is -0.385 e. The first-order chi connectivity index (χ1) is 14.1. The number of aliphatic hydroxyl groups is 1. The van der Waals surface area contributed by atoms with E-state index in [-0.39, 0.29) is 4.90 Å². The van der Waals surface area contributed by atoms with Crippen molar-refractivity contribution in [1.82, 2.24) is 4.31 Å². The highest BCUT2D eigenvalue weighted by Gasteiger charge is 2.65. The maximum Gasteiger partial charge on any atom is 0.416 e. The van der Waals surface area contributed by atoms with Crippen molar-refractivity contribution in [3.05, 3.63) is 65.2 Å². The van der Waals surface area contributed by atoms with Gasteiger partial charge < -0.3 is 5.11 Å². The molecule has 2 bridgehead atoms. The third-order valence-corrected chi connectivity index (χ3v) is 8.16. The zero-order chi connectivity index (χ0) is 21.5. The molecule has 0 spiro atoms. The maximum absolute atomic E-state index is 13.7. The number of hydrogen-bond donors (Lipinski definition) is 1. The minimum absolute atomic E-state index is 0.276. The average molecular weight is 435 g/mol. The Morgan fingerprint density at radius 1 is 1.10 bits per heavy atom. The zero-order valence-electron chi connectivity index (χ0n) is 15.6. The smallest absolute Gasteiger partial charge is 0.385 e. The lowest BCUT2D eigenvalue weighted by Crippen LogP contribution is -2.61. The summed E-state index contributed by atoms with van der Waals surface area (Å²) < 4.78 is 67.3. The van der Waals surface area contributed by atoms with Crippen LogP contribution in [0.5, 0.6) is 0 Å². The lowest BCUT2D eigenvalue weighted by molar-refractivity contribution is -0.137. The number of hydrogen-bond acceptors (Lipinski definition) is 5. The van der Waals surface area contributed by atoms with Crippen LogP contribution in [0.4, 0.5) is 13.2 Å². The van der Waals surface area contributed by atoms with Gasteiger partial charge in [0.25, 0.3) is 0 Å². The van der Waals surface area contributed by atoms with Gasteiger partial charge >= 0.3 is 6.18 Å². The number of halogens is 3. The second-order valence-corrected chi connectivity index (χ2v) is 9.54. The molecule has 1 fully saturated rings. The van der Waals surface area contributed by atoms with Crippen LogP contribution in [-0.2, 0) is 21.7 Å². The molecule has 5 rings (SSSR count). The van der Waals surface area contributed by atoms with Crippen molar-refractivity contribution in [3.8, 4) is 0 Å². The monoisotopic (exact) mass is 435 g/mol. The van der Waals surface area contributed by atoms with Gasteiger partial charge in [-0.15, -0.1) is 0 Å². The molecule has 1 N–H and O–H groups in total. The topological polar surface area (TPSA) is 82.3 Å². The van der Waals surface area contributed by atoms with Crippen LogP contribution >= 0.6 is 0 Å². The Labute approximate surface area is 170 Å². The van der Waals surface area contributed by atoms with Crippen LogP contribution in [0.3, 0.4) is 0 Å². The molecule has 6 nitrogen and oxygen atoms in total. The van der Waals surface area contributed by atoms with Crippen LogP contribution < -0.4 is 0 Å². The summed E-state index contributed by atoms with van der Waals surface area (Å²) >= 11 is 0. The van der Waals surface area contributed by atoms with E-state index >= 15 is 0 Å². The second kappa shape index (κ2) is 5.99. The highest BCUT2D eigenvalue weighted by molar-refractivity contribution is 7.89. The van der Waals surface area contributed by atoms with Gasteiger partial charge in [-0.2, -0.15) is 27.7 Å². The molecule has 1 saturated heterocycles. The van der Waals surface area contributed by atoms with Crippen LogP contribution in [-0.4, -0.2) is 35.9 Å². The SMILES string of the molecule is CC12c3ccccc3C(C3C=NN=C3C1O)N2S(=O)(=O)c1ccc(C(F)(F)F)cc1. The van der Waals surface area contributed by atoms with E-state index in [1.807, 2.05) is 0 Å². The first-order valence-electron chi connectivity index (χ1n) is 9.18. The van der Waals surface area contributed by atoms with Gasteiger partial charge in [-0.1, -0.05) is 24.3 Å². The molecule has 30 heavy (non-hydrogen) atoms. The average Bonchev–Trinajstić information content (AvgIpc) is 3.27. The summed E-state index contributed by atoms with van der Waals surface area (Å²) in [4.78, 5) is -0.276. The molecule has 2 aromatic carbocycles. The van der Waals surface area contributed by atoms with Gasteiger partial charge in [0.15, 0.2) is 0 Å². The molecule has 2 aromatic rings. The molecule has 156 valence electrons. The number of fused-ring (bicyclic) bond motifs is 7. The van der Waals surface area contributed by atoms with Gasteiger partial charge in [0.1, 0.15) is 6.10 Å². The molecular formula is C20H16F3N3O3S. The van der Waals surface area contributed by atoms with Crippen molar-refractivity contribution in [2.75, 3.05) is 0 Å². The summed E-state index contributed by atoms with van der Waals surface area (Å²) in [6.07, 6.45) is -4.33. The van der Waals surface area contributed by atoms with Crippen molar-refractivity contribution >= 4 is 21.9 Å². The van der Waals surface area contributed by atoms with E-state index in [4.69, 9.17) is 0 Å². The van der Waals surface area contributed by atoms with Crippen molar-refractivity contribution in [2.24, 2.45) is 16.1 Å². The first kappa shape index (κ1) is 19.4. The highest BCUT2D eigenvalue weighted by atomic mass is 32.2. The van der Waals surface area contributed by atoms with Crippen LogP contribution in [0.2, 0.25) is 0 Å². The third-order valence-electron chi connectivity index (χ3n) is 6.17. The fourth-order valence-corrected chi connectivity index (χ4v) is 6.72. The molecule has 4 unspecified atom stereocenters. The zero-order valence-corrected chi connectivity index (χ0v) is 16.4. The van der Waals surface area contributed by atoms with E-state index in [1.54, 1.807) is 31.2 Å². The van der Waals surface area contributed by atoms with Gasteiger partial charge in [0.05, 0.1) is 33.7 Å². The number of rotatable bonds is 2. The van der Waals surface area contributed by atoms with Crippen molar-refractivity contribution in [2.45, 2.75) is 35.7 Å². The molecule has 3 aliphatic heterocycles.